The maximum Gasteiger partial charge on any atom is 0.342 e. The molecule has 1 aromatic carbocycles. The van der Waals surface area contributed by atoms with Gasteiger partial charge in [0.1, 0.15) is 0 Å². The first kappa shape index (κ1) is 16.9. The van der Waals surface area contributed by atoms with Crippen LogP contribution in [0, 0.1) is 6.92 Å². The van der Waals surface area contributed by atoms with Crippen molar-refractivity contribution in [3.8, 4) is 0 Å². The lowest BCUT2D eigenvalue weighted by atomic mass is 10.2. The summed E-state index contributed by atoms with van der Waals surface area (Å²) in [5.74, 6) is 0. The van der Waals surface area contributed by atoms with Gasteiger partial charge in [-0.1, -0.05) is 17.7 Å². The van der Waals surface area contributed by atoms with E-state index in [0.29, 0.717) is 5.30 Å². The summed E-state index contributed by atoms with van der Waals surface area (Å²) in [6, 6.07) is 7.63. The summed E-state index contributed by atoms with van der Waals surface area (Å²) in [7, 11) is -7.14. The molecule has 0 amide bonds. The Balaban J connectivity index is 3.23. The molecule has 1 rings (SSSR count). The predicted octanol–water partition coefficient (Wildman–Crippen LogP) is 4.52. The summed E-state index contributed by atoms with van der Waals surface area (Å²) in [5, 5.41) is 0.678. The second-order valence-electron chi connectivity index (χ2n) is 6.74. The van der Waals surface area contributed by atoms with Crippen molar-refractivity contribution in [2.45, 2.75) is 46.2 Å². The molecule has 0 heterocycles. The lowest BCUT2D eigenvalue weighted by Crippen LogP contribution is -2.33. The Morgan fingerprint density at radius 2 is 1.42 bits per heavy atom. The van der Waals surface area contributed by atoms with E-state index >= 15 is 0 Å². The van der Waals surface area contributed by atoms with Crippen LogP contribution in [-0.4, -0.2) is 16.6 Å². The third-order valence-corrected chi connectivity index (χ3v) is 9.32. The normalized spacial score (nSPS) is 13.6. The molecule has 0 fully saturated rings. The molecule has 0 radical (unpaired) electrons. The van der Waals surface area contributed by atoms with Crippen molar-refractivity contribution in [1.29, 1.82) is 0 Å². The lowest BCUT2D eigenvalue weighted by molar-refractivity contribution is 0.396. The fourth-order valence-corrected chi connectivity index (χ4v) is 9.37. The van der Waals surface area contributed by atoms with Crippen LogP contribution in [0.5, 0.6) is 0 Å². The Kier molecular flexibility index (Phi) is 5.02. The Labute approximate surface area is 119 Å². The summed E-state index contributed by atoms with van der Waals surface area (Å²) in [4.78, 5) is 0. The van der Waals surface area contributed by atoms with Gasteiger partial charge in [0.2, 0.25) is 0 Å². The highest BCUT2D eigenvalue weighted by Gasteiger charge is 2.38. The van der Waals surface area contributed by atoms with Gasteiger partial charge in [-0.05, 0) is 58.3 Å². The van der Waals surface area contributed by atoms with Gasteiger partial charge in [0, 0.05) is 0 Å². The summed E-state index contributed by atoms with van der Waals surface area (Å²) < 4.78 is 25.1. The Hall–Kier alpha value is -0.196. The topological polar surface area (TPSA) is 35.5 Å². The highest BCUT2D eigenvalue weighted by molar-refractivity contribution is 7.65. The maximum atomic E-state index is 13.2. The Morgan fingerprint density at radius 3 is 1.79 bits per heavy atom. The van der Waals surface area contributed by atoms with Gasteiger partial charge in [-0.15, -0.1) is 0 Å². The fourth-order valence-electron chi connectivity index (χ4n) is 1.64. The van der Waals surface area contributed by atoms with Crippen LogP contribution in [0.4, 0.5) is 0 Å². The fraction of sp³-hybridized carbons (Fsp3) is 0.538. The predicted molar refractivity (Wildman–Crippen MR) is 87.3 cm³/mol. The van der Waals surface area contributed by atoms with E-state index in [-0.39, 0.29) is 0 Å². The smallest absolute Gasteiger partial charge is 0.342 e. The summed E-state index contributed by atoms with van der Waals surface area (Å²) in [6.45, 7) is 14.2. The van der Waals surface area contributed by atoms with Crippen LogP contribution in [0.2, 0.25) is 39.3 Å². The summed E-state index contributed by atoms with van der Waals surface area (Å²) >= 11 is 0. The van der Waals surface area contributed by atoms with E-state index in [9.17, 15) is 4.57 Å². The molecule has 0 atom stereocenters. The van der Waals surface area contributed by atoms with Crippen LogP contribution in [0.15, 0.2) is 24.3 Å². The molecule has 0 spiro atoms. The molecule has 0 aliphatic heterocycles. The summed E-state index contributed by atoms with van der Waals surface area (Å²) in [6.07, 6.45) is 0. The molecule has 0 unspecified atom stereocenters. The van der Waals surface area contributed by atoms with Gasteiger partial charge < -0.3 is 8.43 Å². The lowest BCUT2D eigenvalue weighted by Gasteiger charge is -2.31. The standard InChI is InChI=1S/C13H25O3PSi2/c1-12-9-8-10-13(11-12)17(14,15-18(2,3)4)16-19(5,6)7/h8-11H,1-7H3. The van der Waals surface area contributed by atoms with Gasteiger partial charge in [0.25, 0.3) is 0 Å². The zero-order valence-corrected chi connectivity index (χ0v) is 15.9. The molecule has 0 aliphatic rings. The van der Waals surface area contributed by atoms with Gasteiger partial charge in [-0.25, -0.2) is 0 Å². The molecule has 0 aromatic heterocycles. The molecule has 0 saturated carbocycles. The minimum absolute atomic E-state index is 0.678. The van der Waals surface area contributed by atoms with Gasteiger partial charge in [0.05, 0.1) is 5.30 Å². The first-order valence-corrected chi connectivity index (χ1v) is 14.9. The second kappa shape index (κ2) is 5.66. The number of rotatable bonds is 5. The van der Waals surface area contributed by atoms with Gasteiger partial charge in [-0.3, -0.25) is 4.57 Å². The second-order valence-corrected chi connectivity index (χ2v) is 18.2. The molecule has 6 heteroatoms. The van der Waals surface area contributed by atoms with Crippen molar-refractivity contribution >= 4 is 29.5 Å². The Morgan fingerprint density at radius 1 is 0.947 bits per heavy atom. The highest BCUT2D eigenvalue weighted by Crippen LogP contribution is 2.51. The van der Waals surface area contributed by atoms with E-state index < -0.39 is 24.2 Å². The minimum atomic E-state index is -3.22. The molecule has 19 heavy (non-hydrogen) atoms. The van der Waals surface area contributed by atoms with Gasteiger partial charge in [0.15, 0.2) is 16.6 Å². The SMILES string of the molecule is Cc1cccc(P(=O)(O[Si](C)(C)C)O[Si](C)(C)C)c1. The Bertz CT molecular complexity index is 469. The monoisotopic (exact) mass is 316 g/mol. The van der Waals surface area contributed by atoms with Crippen LogP contribution in [0.25, 0.3) is 0 Å². The quantitative estimate of drug-likeness (QED) is 0.592. The van der Waals surface area contributed by atoms with E-state index in [1.807, 2.05) is 70.5 Å². The molecule has 0 N–H and O–H groups in total. The van der Waals surface area contributed by atoms with Crippen molar-refractivity contribution in [3.05, 3.63) is 29.8 Å². The average Bonchev–Trinajstić information content (AvgIpc) is 2.11. The van der Waals surface area contributed by atoms with Crippen LogP contribution < -0.4 is 5.30 Å². The van der Waals surface area contributed by atoms with Crippen molar-refractivity contribution < 1.29 is 13.0 Å². The average molecular weight is 316 g/mol. The van der Waals surface area contributed by atoms with Gasteiger partial charge in [-0.2, -0.15) is 0 Å². The van der Waals surface area contributed by atoms with Crippen molar-refractivity contribution in [3.63, 3.8) is 0 Å². The van der Waals surface area contributed by atoms with Crippen LogP contribution in [0.1, 0.15) is 5.56 Å². The molecule has 0 bridgehead atoms. The first-order valence-electron chi connectivity index (χ1n) is 6.50. The van der Waals surface area contributed by atoms with Crippen LogP contribution in [-0.2, 0) is 13.0 Å². The minimum Gasteiger partial charge on any atom is -0.348 e. The maximum absolute atomic E-state index is 13.2. The van der Waals surface area contributed by atoms with E-state index in [1.54, 1.807) is 0 Å². The number of aryl methyl sites for hydroxylation is 1. The largest absolute Gasteiger partial charge is 0.348 e. The number of benzene rings is 1. The molecule has 108 valence electrons. The van der Waals surface area contributed by atoms with Crippen LogP contribution >= 0.6 is 7.60 Å². The number of hydrogen-bond donors (Lipinski definition) is 0. The zero-order chi connectivity index (χ0) is 14.9. The first-order chi connectivity index (χ1) is 8.41. The molecule has 3 nitrogen and oxygen atoms in total. The molecule has 0 aliphatic carbocycles. The van der Waals surface area contributed by atoms with Gasteiger partial charge >= 0.3 is 7.60 Å². The summed E-state index contributed by atoms with van der Waals surface area (Å²) in [5.41, 5.74) is 1.07. The van der Waals surface area contributed by atoms with E-state index in [2.05, 4.69) is 0 Å². The zero-order valence-electron chi connectivity index (χ0n) is 13.0. The molecular formula is C13H25O3PSi2. The molecule has 1 aromatic rings. The number of hydrogen-bond acceptors (Lipinski definition) is 3. The van der Waals surface area contributed by atoms with E-state index in [4.69, 9.17) is 8.43 Å². The van der Waals surface area contributed by atoms with Crippen molar-refractivity contribution in [2.24, 2.45) is 0 Å². The van der Waals surface area contributed by atoms with Crippen LogP contribution in [0.3, 0.4) is 0 Å². The van der Waals surface area contributed by atoms with Crippen molar-refractivity contribution in [2.75, 3.05) is 0 Å². The molecule has 0 saturated heterocycles. The third kappa shape index (κ3) is 5.75. The third-order valence-electron chi connectivity index (χ3n) is 2.11. The van der Waals surface area contributed by atoms with E-state index in [0.717, 1.165) is 5.56 Å². The van der Waals surface area contributed by atoms with E-state index in [1.165, 1.54) is 0 Å². The van der Waals surface area contributed by atoms with Crippen molar-refractivity contribution in [1.82, 2.24) is 0 Å². The highest BCUT2D eigenvalue weighted by atomic mass is 31.2. The molecular weight excluding hydrogens is 291 g/mol.